The van der Waals surface area contributed by atoms with E-state index in [-0.39, 0.29) is 24.4 Å². The van der Waals surface area contributed by atoms with E-state index < -0.39 is 12.0 Å². The van der Waals surface area contributed by atoms with Gasteiger partial charge in [-0.3, -0.25) is 14.5 Å². The van der Waals surface area contributed by atoms with Crippen LogP contribution in [0, 0.1) is 5.92 Å². The molecule has 0 saturated carbocycles. The molecule has 1 aromatic heterocycles. The van der Waals surface area contributed by atoms with Crippen LogP contribution in [0.25, 0.3) is 0 Å². The van der Waals surface area contributed by atoms with E-state index in [1.807, 2.05) is 20.8 Å². The minimum absolute atomic E-state index is 0.0662. The van der Waals surface area contributed by atoms with Crippen molar-refractivity contribution in [3.8, 4) is 0 Å². The summed E-state index contributed by atoms with van der Waals surface area (Å²) in [5, 5.41) is 16.2. The first-order valence-electron chi connectivity index (χ1n) is 7.20. The van der Waals surface area contributed by atoms with Crippen LogP contribution < -0.4 is 5.32 Å². The Bertz CT molecular complexity index is 526. The second kappa shape index (κ2) is 6.26. The van der Waals surface area contributed by atoms with Gasteiger partial charge in [-0.2, -0.15) is 5.10 Å². The smallest absolute Gasteiger partial charge is 0.321 e. The van der Waals surface area contributed by atoms with Crippen LogP contribution in [-0.2, 0) is 9.59 Å². The van der Waals surface area contributed by atoms with Gasteiger partial charge in [0.2, 0.25) is 5.91 Å². The molecule has 1 aromatic rings. The topological polar surface area (TPSA) is 87.5 Å². The Hall–Kier alpha value is -1.89. The van der Waals surface area contributed by atoms with Crippen LogP contribution in [0.3, 0.4) is 0 Å². The van der Waals surface area contributed by atoms with E-state index in [9.17, 15) is 14.7 Å². The Morgan fingerprint density at radius 1 is 1.52 bits per heavy atom. The Morgan fingerprint density at radius 2 is 2.24 bits per heavy atom. The summed E-state index contributed by atoms with van der Waals surface area (Å²) in [4.78, 5) is 25.1. The van der Waals surface area contributed by atoms with Crippen molar-refractivity contribution in [1.29, 1.82) is 0 Å². The first kappa shape index (κ1) is 15.5. The monoisotopic (exact) mass is 294 g/mol. The Balaban J connectivity index is 1.99. The molecule has 0 spiro atoms. The summed E-state index contributed by atoms with van der Waals surface area (Å²) in [6, 6.07) is 1.30. The lowest BCUT2D eigenvalue weighted by Crippen LogP contribution is -2.43. The van der Waals surface area contributed by atoms with Crippen LogP contribution in [0.2, 0.25) is 0 Å². The molecule has 0 radical (unpaired) electrons. The minimum Gasteiger partial charge on any atom is -0.480 e. The highest BCUT2D eigenvalue weighted by atomic mass is 16.4. The normalized spacial score (nSPS) is 22.7. The molecule has 2 unspecified atom stereocenters. The van der Waals surface area contributed by atoms with Gasteiger partial charge in [-0.15, -0.1) is 0 Å². The molecule has 1 aliphatic heterocycles. The zero-order chi connectivity index (χ0) is 15.6. The van der Waals surface area contributed by atoms with Crippen LogP contribution in [0.5, 0.6) is 0 Å². The molecule has 2 heterocycles. The molecule has 2 N–H and O–H groups in total. The zero-order valence-corrected chi connectivity index (χ0v) is 12.6. The summed E-state index contributed by atoms with van der Waals surface area (Å²) in [7, 11) is 0. The summed E-state index contributed by atoms with van der Waals surface area (Å²) in [6.45, 7) is 6.58. The van der Waals surface area contributed by atoms with Crippen molar-refractivity contribution in [3.63, 3.8) is 0 Å². The minimum atomic E-state index is -0.861. The van der Waals surface area contributed by atoms with Crippen LogP contribution in [0.1, 0.15) is 33.2 Å². The summed E-state index contributed by atoms with van der Waals surface area (Å²) < 4.78 is 1.72. The number of nitrogens with zero attached hydrogens (tertiary/aromatic N) is 3. The number of amides is 1. The van der Waals surface area contributed by atoms with E-state index in [1.165, 1.54) is 0 Å². The summed E-state index contributed by atoms with van der Waals surface area (Å²) in [6.07, 6.45) is 2.43. The Labute approximate surface area is 123 Å². The van der Waals surface area contributed by atoms with Crippen molar-refractivity contribution in [2.45, 2.75) is 39.3 Å². The highest BCUT2D eigenvalue weighted by molar-refractivity contribution is 5.92. The molecular weight excluding hydrogens is 272 g/mol. The van der Waals surface area contributed by atoms with Gasteiger partial charge in [0.1, 0.15) is 11.9 Å². The number of hydrogen-bond acceptors (Lipinski definition) is 4. The molecule has 21 heavy (non-hydrogen) atoms. The van der Waals surface area contributed by atoms with Crippen LogP contribution >= 0.6 is 0 Å². The number of carboxylic acids is 1. The third-order valence-electron chi connectivity index (χ3n) is 3.83. The van der Waals surface area contributed by atoms with E-state index >= 15 is 0 Å². The predicted octanol–water partition coefficient (Wildman–Crippen LogP) is 1.20. The lowest BCUT2D eigenvalue weighted by atomic mass is 10.0. The molecule has 2 rings (SSSR count). The zero-order valence-electron chi connectivity index (χ0n) is 12.6. The molecule has 1 aliphatic rings. The molecule has 7 heteroatoms. The van der Waals surface area contributed by atoms with Gasteiger partial charge in [0, 0.05) is 12.1 Å². The highest BCUT2D eigenvalue weighted by Crippen LogP contribution is 2.24. The number of anilines is 1. The van der Waals surface area contributed by atoms with E-state index in [1.54, 1.807) is 21.8 Å². The van der Waals surface area contributed by atoms with Crippen molar-refractivity contribution in [2.75, 3.05) is 18.4 Å². The maximum atomic E-state index is 12.1. The van der Waals surface area contributed by atoms with Crippen molar-refractivity contribution < 1.29 is 14.7 Å². The lowest BCUT2D eigenvalue weighted by molar-refractivity contribution is -0.143. The van der Waals surface area contributed by atoms with Gasteiger partial charge in [-0.25, -0.2) is 4.68 Å². The third-order valence-corrected chi connectivity index (χ3v) is 3.83. The van der Waals surface area contributed by atoms with Crippen LogP contribution in [-0.4, -0.2) is 50.8 Å². The molecular formula is C14H22N4O3. The third kappa shape index (κ3) is 3.41. The maximum Gasteiger partial charge on any atom is 0.321 e. The fraction of sp³-hybridized carbons (Fsp3) is 0.643. The molecule has 0 aliphatic carbocycles. The van der Waals surface area contributed by atoms with E-state index in [4.69, 9.17) is 0 Å². The molecule has 1 saturated heterocycles. The SMILES string of the molecule is CC1CCN(CC(=O)Nc2ccnn2C(C)C)C1C(=O)O. The van der Waals surface area contributed by atoms with E-state index in [0.717, 1.165) is 6.42 Å². The number of hydrogen-bond donors (Lipinski definition) is 2. The number of aliphatic carboxylic acids is 1. The lowest BCUT2D eigenvalue weighted by Gasteiger charge is -2.22. The number of rotatable bonds is 5. The van der Waals surface area contributed by atoms with Gasteiger partial charge in [0.25, 0.3) is 0 Å². The first-order valence-corrected chi connectivity index (χ1v) is 7.20. The van der Waals surface area contributed by atoms with Crippen molar-refractivity contribution >= 4 is 17.7 Å². The molecule has 1 fully saturated rings. The number of carboxylic acid groups (broad SMARTS) is 1. The molecule has 2 atom stereocenters. The quantitative estimate of drug-likeness (QED) is 0.852. The van der Waals surface area contributed by atoms with Gasteiger partial charge in [-0.05, 0) is 32.7 Å². The highest BCUT2D eigenvalue weighted by Gasteiger charge is 2.37. The van der Waals surface area contributed by atoms with Crippen molar-refractivity contribution in [1.82, 2.24) is 14.7 Å². The molecule has 7 nitrogen and oxygen atoms in total. The van der Waals surface area contributed by atoms with Crippen LogP contribution in [0.15, 0.2) is 12.3 Å². The van der Waals surface area contributed by atoms with Crippen molar-refractivity contribution in [2.24, 2.45) is 5.92 Å². The number of nitrogens with one attached hydrogen (secondary N) is 1. The van der Waals surface area contributed by atoms with Gasteiger partial charge in [0.15, 0.2) is 0 Å². The second-order valence-corrected chi connectivity index (χ2v) is 5.82. The van der Waals surface area contributed by atoms with E-state index in [0.29, 0.717) is 12.4 Å². The van der Waals surface area contributed by atoms with Crippen molar-refractivity contribution in [3.05, 3.63) is 12.3 Å². The number of likely N-dealkylation sites (tertiary alicyclic amines) is 1. The summed E-state index contributed by atoms with van der Waals surface area (Å²) in [5.41, 5.74) is 0. The van der Waals surface area contributed by atoms with Gasteiger partial charge in [-0.1, -0.05) is 6.92 Å². The molecule has 1 amide bonds. The largest absolute Gasteiger partial charge is 0.480 e. The Kier molecular flexibility index (Phi) is 4.62. The van der Waals surface area contributed by atoms with Gasteiger partial charge >= 0.3 is 5.97 Å². The fourth-order valence-corrected chi connectivity index (χ4v) is 2.79. The average molecular weight is 294 g/mol. The average Bonchev–Trinajstić information content (AvgIpc) is 2.96. The fourth-order valence-electron chi connectivity index (χ4n) is 2.79. The number of aromatic nitrogens is 2. The first-order chi connectivity index (χ1) is 9.90. The van der Waals surface area contributed by atoms with Gasteiger partial charge < -0.3 is 10.4 Å². The maximum absolute atomic E-state index is 12.1. The standard InChI is InChI=1S/C14H22N4O3/c1-9(2)18-11(4-6-15-18)16-12(19)8-17-7-5-10(3)13(17)14(20)21/h4,6,9-10,13H,5,7-8H2,1-3H3,(H,16,19)(H,20,21). The molecule has 0 aromatic carbocycles. The molecule has 0 bridgehead atoms. The van der Waals surface area contributed by atoms with E-state index in [2.05, 4.69) is 10.4 Å². The van der Waals surface area contributed by atoms with Crippen LogP contribution in [0.4, 0.5) is 5.82 Å². The Morgan fingerprint density at radius 3 is 2.86 bits per heavy atom. The summed E-state index contributed by atoms with van der Waals surface area (Å²) >= 11 is 0. The number of carbonyl (C=O) groups is 2. The number of carbonyl (C=O) groups excluding carboxylic acids is 1. The second-order valence-electron chi connectivity index (χ2n) is 5.82. The van der Waals surface area contributed by atoms with Gasteiger partial charge in [0.05, 0.1) is 12.7 Å². The predicted molar refractivity (Wildman–Crippen MR) is 78.0 cm³/mol. The summed E-state index contributed by atoms with van der Waals surface area (Å²) in [5.74, 6) is -0.372. The molecule has 116 valence electrons.